The lowest BCUT2D eigenvalue weighted by molar-refractivity contribution is 0.674. The zero-order valence-corrected chi connectivity index (χ0v) is 12.9. The number of aryl methyl sites for hydroxylation is 3. The van der Waals surface area contributed by atoms with Gasteiger partial charge in [-0.3, -0.25) is 4.98 Å². The highest BCUT2D eigenvalue weighted by molar-refractivity contribution is 5.81. The summed E-state index contributed by atoms with van der Waals surface area (Å²) < 4.78 is 2.18. The van der Waals surface area contributed by atoms with Gasteiger partial charge in [-0.1, -0.05) is 6.07 Å². The molecule has 0 aliphatic rings. The lowest BCUT2D eigenvalue weighted by atomic mass is 10.1. The normalized spacial score (nSPS) is 10.8. The molecule has 22 heavy (non-hydrogen) atoms. The Hall–Kier alpha value is -2.67. The molecule has 0 amide bonds. The van der Waals surface area contributed by atoms with Gasteiger partial charge < -0.3 is 4.57 Å². The van der Waals surface area contributed by atoms with Crippen molar-refractivity contribution in [3.63, 3.8) is 0 Å². The third-order valence-electron chi connectivity index (χ3n) is 3.93. The molecule has 0 radical (unpaired) electrons. The van der Waals surface area contributed by atoms with E-state index < -0.39 is 0 Å². The van der Waals surface area contributed by atoms with E-state index in [0.717, 1.165) is 35.5 Å². The molecule has 0 atom stereocenters. The smallest absolute Gasteiger partial charge is 0.159 e. The molecule has 0 aliphatic heterocycles. The van der Waals surface area contributed by atoms with Crippen LogP contribution < -0.4 is 0 Å². The quantitative estimate of drug-likeness (QED) is 0.682. The minimum Gasteiger partial charge on any atom is -0.323 e. The van der Waals surface area contributed by atoms with E-state index in [-0.39, 0.29) is 0 Å². The Balaban J connectivity index is 2.17. The molecule has 3 rings (SSSR count). The predicted octanol–water partition coefficient (Wildman–Crippen LogP) is 4.02. The minimum absolute atomic E-state index is 0.548. The summed E-state index contributed by atoms with van der Waals surface area (Å²) in [6, 6.07) is 12.4. The Morgan fingerprint density at radius 2 is 2.00 bits per heavy atom. The number of aromatic nitrogens is 3. The van der Waals surface area contributed by atoms with Gasteiger partial charge in [-0.15, -0.1) is 0 Å². The monoisotopic (exact) mass is 290 g/mol. The van der Waals surface area contributed by atoms with Gasteiger partial charge in [-0.2, -0.15) is 5.26 Å². The maximum Gasteiger partial charge on any atom is 0.159 e. The number of hydrogen-bond donors (Lipinski definition) is 0. The summed E-state index contributed by atoms with van der Waals surface area (Å²) in [5, 5.41) is 8.79. The highest BCUT2D eigenvalue weighted by Gasteiger charge is 2.14. The van der Waals surface area contributed by atoms with Gasteiger partial charge in [0, 0.05) is 19.2 Å². The molecule has 110 valence electrons. The standard InChI is InChI=1S/C18H18N4/c1-13-11-16-17(12-14(13)2)22(10-6-4-8-19)18(21-16)15-7-3-5-9-20-15/h3,5,7,9,11-12H,4,6,10H2,1-2H3. The van der Waals surface area contributed by atoms with Crippen LogP contribution in [0.4, 0.5) is 0 Å². The number of fused-ring (bicyclic) bond motifs is 1. The van der Waals surface area contributed by atoms with E-state index in [0.29, 0.717) is 6.42 Å². The molecule has 0 saturated carbocycles. The van der Waals surface area contributed by atoms with Crippen LogP contribution >= 0.6 is 0 Å². The molecule has 0 spiro atoms. The SMILES string of the molecule is Cc1cc2nc(-c3ccccn3)n(CCCC#N)c2cc1C. The first kappa shape index (κ1) is 14.3. The van der Waals surface area contributed by atoms with Crippen molar-refractivity contribution in [1.82, 2.24) is 14.5 Å². The molecule has 0 aliphatic carbocycles. The van der Waals surface area contributed by atoms with E-state index in [1.165, 1.54) is 11.1 Å². The van der Waals surface area contributed by atoms with Gasteiger partial charge >= 0.3 is 0 Å². The maximum atomic E-state index is 8.79. The van der Waals surface area contributed by atoms with Gasteiger partial charge in [0.1, 0.15) is 5.69 Å². The van der Waals surface area contributed by atoms with Crippen molar-refractivity contribution < 1.29 is 0 Å². The molecule has 3 aromatic rings. The van der Waals surface area contributed by atoms with Gasteiger partial charge in [-0.05, 0) is 55.7 Å². The van der Waals surface area contributed by atoms with E-state index >= 15 is 0 Å². The molecule has 2 aromatic heterocycles. The van der Waals surface area contributed by atoms with Crippen molar-refractivity contribution in [2.24, 2.45) is 0 Å². The molecule has 0 bridgehead atoms. The molecule has 0 saturated heterocycles. The number of pyridine rings is 1. The zero-order valence-electron chi connectivity index (χ0n) is 12.9. The summed E-state index contributed by atoms with van der Waals surface area (Å²) in [4.78, 5) is 9.21. The van der Waals surface area contributed by atoms with Crippen LogP contribution in [-0.4, -0.2) is 14.5 Å². The van der Waals surface area contributed by atoms with Crippen molar-refractivity contribution >= 4 is 11.0 Å². The van der Waals surface area contributed by atoms with E-state index in [1.54, 1.807) is 6.20 Å². The number of nitriles is 1. The van der Waals surface area contributed by atoms with Crippen molar-refractivity contribution in [2.45, 2.75) is 33.2 Å². The largest absolute Gasteiger partial charge is 0.323 e. The first-order valence-electron chi connectivity index (χ1n) is 7.46. The van der Waals surface area contributed by atoms with Crippen molar-refractivity contribution in [1.29, 1.82) is 5.26 Å². The summed E-state index contributed by atoms with van der Waals surface area (Å²) in [7, 11) is 0. The summed E-state index contributed by atoms with van der Waals surface area (Å²) >= 11 is 0. The Bertz CT molecular complexity index is 841. The van der Waals surface area contributed by atoms with Gasteiger partial charge in [0.2, 0.25) is 0 Å². The van der Waals surface area contributed by atoms with Crippen molar-refractivity contribution in [2.75, 3.05) is 0 Å². The fourth-order valence-electron chi connectivity index (χ4n) is 2.61. The maximum absolute atomic E-state index is 8.79. The molecule has 0 unspecified atom stereocenters. The highest BCUT2D eigenvalue weighted by Crippen LogP contribution is 2.26. The van der Waals surface area contributed by atoms with Crippen LogP contribution in [0.1, 0.15) is 24.0 Å². The Kier molecular flexibility index (Phi) is 3.88. The molecule has 4 nitrogen and oxygen atoms in total. The van der Waals surface area contributed by atoms with E-state index in [9.17, 15) is 0 Å². The predicted molar refractivity (Wildman–Crippen MR) is 87.3 cm³/mol. The second-order valence-electron chi connectivity index (χ2n) is 5.49. The van der Waals surface area contributed by atoms with Gasteiger partial charge in [0.05, 0.1) is 17.1 Å². The topological polar surface area (TPSA) is 54.5 Å². The van der Waals surface area contributed by atoms with Gasteiger partial charge in [0.25, 0.3) is 0 Å². The van der Waals surface area contributed by atoms with Crippen molar-refractivity contribution in [3.8, 4) is 17.6 Å². The second kappa shape index (κ2) is 5.98. The fourth-order valence-corrected chi connectivity index (χ4v) is 2.61. The molecule has 1 aromatic carbocycles. The van der Waals surface area contributed by atoms with E-state index in [2.05, 4.69) is 41.6 Å². The number of benzene rings is 1. The van der Waals surface area contributed by atoms with Crippen LogP contribution in [0.25, 0.3) is 22.6 Å². The number of hydrogen-bond acceptors (Lipinski definition) is 3. The van der Waals surface area contributed by atoms with E-state index in [1.807, 2.05) is 18.2 Å². The lowest BCUT2D eigenvalue weighted by Crippen LogP contribution is -2.01. The van der Waals surface area contributed by atoms with Gasteiger partial charge in [-0.25, -0.2) is 4.98 Å². The van der Waals surface area contributed by atoms with E-state index in [4.69, 9.17) is 10.2 Å². The summed E-state index contributed by atoms with van der Waals surface area (Å²) in [6.07, 6.45) is 3.14. The van der Waals surface area contributed by atoms with Crippen LogP contribution in [0.3, 0.4) is 0 Å². The first-order chi connectivity index (χ1) is 10.7. The second-order valence-corrected chi connectivity index (χ2v) is 5.49. The summed E-state index contributed by atoms with van der Waals surface area (Å²) in [5.74, 6) is 0.874. The number of imidazole rings is 1. The number of unbranched alkanes of at least 4 members (excludes halogenated alkanes) is 1. The Morgan fingerprint density at radius 1 is 1.18 bits per heavy atom. The number of nitrogens with zero attached hydrogens (tertiary/aromatic N) is 4. The zero-order chi connectivity index (χ0) is 15.5. The molecule has 4 heteroatoms. The molecular formula is C18H18N4. The van der Waals surface area contributed by atoms with Crippen LogP contribution in [0.5, 0.6) is 0 Å². The van der Waals surface area contributed by atoms with Crippen LogP contribution in [0, 0.1) is 25.2 Å². The summed E-state index contributed by atoms with van der Waals surface area (Å²) in [5.41, 5.74) is 5.46. The Morgan fingerprint density at radius 3 is 2.73 bits per heavy atom. The third-order valence-corrected chi connectivity index (χ3v) is 3.93. The lowest BCUT2D eigenvalue weighted by Gasteiger charge is -2.08. The van der Waals surface area contributed by atoms with Crippen LogP contribution in [0.15, 0.2) is 36.5 Å². The average Bonchev–Trinajstić information content (AvgIpc) is 2.87. The first-order valence-corrected chi connectivity index (χ1v) is 7.46. The van der Waals surface area contributed by atoms with Crippen LogP contribution in [-0.2, 0) is 6.54 Å². The molecule has 0 fully saturated rings. The molecule has 0 N–H and O–H groups in total. The highest BCUT2D eigenvalue weighted by atomic mass is 15.1. The number of rotatable bonds is 4. The van der Waals surface area contributed by atoms with Gasteiger partial charge in [0.15, 0.2) is 5.82 Å². The van der Waals surface area contributed by atoms with Crippen molar-refractivity contribution in [3.05, 3.63) is 47.7 Å². The van der Waals surface area contributed by atoms with Crippen LogP contribution in [0.2, 0.25) is 0 Å². The molecule has 2 heterocycles. The third kappa shape index (κ3) is 2.58. The fraction of sp³-hybridized carbons (Fsp3) is 0.278. The summed E-state index contributed by atoms with van der Waals surface area (Å²) in [6.45, 7) is 4.99. The molecular weight excluding hydrogens is 272 g/mol. The Labute approximate surface area is 130 Å². The average molecular weight is 290 g/mol. The minimum atomic E-state index is 0.548.